The first-order chi connectivity index (χ1) is 12.8. The van der Waals surface area contributed by atoms with E-state index in [0.717, 1.165) is 0 Å². The van der Waals surface area contributed by atoms with E-state index in [2.05, 4.69) is 0 Å². The van der Waals surface area contributed by atoms with Crippen molar-refractivity contribution in [2.45, 2.75) is 6.42 Å². The van der Waals surface area contributed by atoms with E-state index in [1.165, 1.54) is 48.2 Å². The van der Waals surface area contributed by atoms with Crippen molar-refractivity contribution < 1.29 is 24.4 Å². The SMILES string of the molecule is COc1cc(C(=O)O)ccc1Cc1cn(C(=O)Cl)c2ccc([N+](=O)[O-])cc12. The zero-order valence-corrected chi connectivity index (χ0v) is 14.8. The van der Waals surface area contributed by atoms with Crippen molar-refractivity contribution in [1.82, 2.24) is 4.57 Å². The van der Waals surface area contributed by atoms with E-state index in [1.807, 2.05) is 0 Å². The molecule has 0 aliphatic carbocycles. The van der Waals surface area contributed by atoms with Gasteiger partial charge in [0.05, 0.1) is 23.1 Å². The highest BCUT2D eigenvalue weighted by Crippen LogP contribution is 2.31. The fourth-order valence-electron chi connectivity index (χ4n) is 2.91. The lowest BCUT2D eigenvalue weighted by molar-refractivity contribution is -0.384. The molecule has 0 aliphatic heterocycles. The molecule has 0 spiro atoms. The molecular weight excluding hydrogens is 376 g/mol. The molecule has 0 amide bonds. The summed E-state index contributed by atoms with van der Waals surface area (Å²) in [4.78, 5) is 33.4. The fraction of sp³-hybridized carbons (Fsp3) is 0.111. The molecule has 0 atom stereocenters. The number of non-ortho nitro benzene ring substituents is 1. The minimum absolute atomic E-state index is 0.0737. The van der Waals surface area contributed by atoms with Crippen molar-refractivity contribution in [3.63, 3.8) is 0 Å². The number of aromatic carboxylic acids is 1. The average Bonchev–Trinajstić information content (AvgIpc) is 3.00. The normalized spacial score (nSPS) is 10.7. The van der Waals surface area contributed by atoms with E-state index in [9.17, 15) is 19.7 Å². The van der Waals surface area contributed by atoms with Gasteiger partial charge in [-0.15, -0.1) is 0 Å². The van der Waals surface area contributed by atoms with Crippen molar-refractivity contribution in [3.05, 3.63) is 69.4 Å². The van der Waals surface area contributed by atoms with Crippen LogP contribution in [0.3, 0.4) is 0 Å². The van der Waals surface area contributed by atoms with Crippen molar-refractivity contribution in [2.75, 3.05) is 7.11 Å². The molecule has 3 aromatic rings. The number of halogens is 1. The molecular formula is C18H13ClN2O6. The van der Waals surface area contributed by atoms with Gasteiger partial charge in [0, 0.05) is 30.1 Å². The van der Waals surface area contributed by atoms with Gasteiger partial charge >= 0.3 is 11.3 Å². The Morgan fingerprint density at radius 1 is 1.22 bits per heavy atom. The van der Waals surface area contributed by atoms with Crippen LogP contribution in [0.15, 0.2) is 42.6 Å². The van der Waals surface area contributed by atoms with E-state index >= 15 is 0 Å². The molecule has 138 valence electrons. The van der Waals surface area contributed by atoms with Crippen LogP contribution in [0.25, 0.3) is 10.9 Å². The summed E-state index contributed by atoms with van der Waals surface area (Å²) in [7, 11) is 1.42. The Morgan fingerprint density at radius 3 is 2.56 bits per heavy atom. The molecule has 2 aromatic carbocycles. The van der Waals surface area contributed by atoms with Gasteiger partial charge in [-0.3, -0.25) is 19.5 Å². The third-order valence-electron chi connectivity index (χ3n) is 4.19. The molecule has 0 radical (unpaired) electrons. The molecule has 27 heavy (non-hydrogen) atoms. The maximum Gasteiger partial charge on any atom is 0.335 e. The highest BCUT2D eigenvalue weighted by atomic mass is 35.5. The quantitative estimate of drug-likeness (QED) is 0.401. The standard InChI is InChI=1S/C18H13ClN2O6/c1-27-16-7-11(17(22)23)3-2-10(16)6-12-9-20(18(19)24)15-5-4-13(21(25)26)8-14(12)15/h2-5,7-9H,6H2,1H3,(H,22,23). The molecule has 1 aromatic heterocycles. The van der Waals surface area contributed by atoms with Crippen molar-refractivity contribution in [3.8, 4) is 5.75 Å². The fourth-order valence-corrected chi connectivity index (χ4v) is 3.05. The molecule has 1 heterocycles. The van der Waals surface area contributed by atoms with Gasteiger partial charge in [-0.2, -0.15) is 0 Å². The minimum Gasteiger partial charge on any atom is -0.496 e. The number of nitro groups is 1. The number of carboxylic acid groups (broad SMARTS) is 1. The Kier molecular flexibility index (Phi) is 4.83. The Labute approximate surface area is 157 Å². The Hall–Kier alpha value is -3.39. The predicted molar refractivity (Wildman–Crippen MR) is 98.0 cm³/mol. The monoisotopic (exact) mass is 388 g/mol. The number of nitro benzene ring substituents is 1. The number of fused-ring (bicyclic) bond motifs is 1. The number of hydrogen-bond donors (Lipinski definition) is 1. The third-order valence-corrected chi connectivity index (χ3v) is 4.37. The number of rotatable bonds is 5. The van der Waals surface area contributed by atoms with Crippen LogP contribution in [-0.2, 0) is 6.42 Å². The number of carbonyl (C=O) groups is 2. The number of carbonyl (C=O) groups excluding carboxylic acids is 1. The highest BCUT2D eigenvalue weighted by molar-refractivity contribution is 6.63. The van der Waals surface area contributed by atoms with E-state index < -0.39 is 16.3 Å². The molecule has 0 saturated heterocycles. The number of nitrogens with zero attached hydrogens (tertiary/aromatic N) is 2. The van der Waals surface area contributed by atoms with E-state index in [0.29, 0.717) is 27.8 Å². The van der Waals surface area contributed by atoms with Gasteiger partial charge in [0.2, 0.25) is 0 Å². The van der Waals surface area contributed by atoms with E-state index in [1.54, 1.807) is 6.07 Å². The van der Waals surface area contributed by atoms with Gasteiger partial charge in [-0.05, 0) is 40.9 Å². The second-order valence-corrected chi connectivity index (χ2v) is 6.07. The van der Waals surface area contributed by atoms with Gasteiger partial charge in [0.25, 0.3) is 5.69 Å². The second kappa shape index (κ2) is 7.08. The van der Waals surface area contributed by atoms with Crippen LogP contribution in [0.4, 0.5) is 10.5 Å². The molecule has 0 saturated carbocycles. The van der Waals surface area contributed by atoms with Gasteiger partial charge in [-0.25, -0.2) is 4.79 Å². The van der Waals surface area contributed by atoms with Crippen LogP contribution in [0, 0.1) is 10.1 Å². The van der Waals surface area contributed by atoms with Crippen LogP contribution in [0.2, 0.25) is 0 Å². The van der Waals surface area contributed by atoms with Gasteiger partial charge < -0.3 is 9.84 Å². The summed E-state index contributed by atoms with van der Waals surface area (Å²) in [6, 6.07) is 8.57. The number of ether oxygens (including phenoxy) is 1. The number of benzene rings is 2. The van der Waals surface area contributed by atoms with Crippen molar-refractivity contribution in [1.29, 1.82) is 0 Å². The number of carboxylic acids is 1. The molecule has 1 N–H and O–H groups in total. The maximum atomic E-state index is 11.7. The molecule has 0 bridgehead atoms. The molecule has 8 nitrogen and oxygen atoms in total. The van der Waals surface area contributed by atoms with Crippen LogP contribution in [-0.4, -0.2) is 33.0 Å². The largest absolute Gasteiger partial charge is 0.496 e. The topological polar surface area (TPSA) is 112 Å². The van der Waals surface area contributed by atoms with Crippen LogP contribution < -0.4 is 4.74 Å². The molecule has 0 unspecified atom stereocenters. The first-order valence-corrected chi connectivity index (χ1v) is 8.08. The zero-order valence-electron chi connectivity index (χ0n) is 14.0. The maximum absolute atomic E-state index is 11.7. The average molecular weight is 389 g/mol. The van der Waals surface area contributed by atoms with Crippen LogP contribution in [0.5, 0.6) is 5.75 Å². The predicted octanol–water partition coefficient (Wildman–Crippen LogP) is 4.05. The van der Waals surface area contributed by atoms with Gasteiger partial charge in [0.1, 0.15) is 5.75 Å². The number of hydrogen-bond acceptors (Lipinski definition) is 5. The third kappa shape index (κ3) is 3.47. The zero-order chi connectivity index (χ0) is 19.7. The Bertz CT molecular complexity index is 1090. The first kappa shape index (κ1) is 18.4. The highest BCUT2D eigenvalue weighted by Gasteiger charge is 2.18. The Morgan fingerprint density at radius 2 is 1.96 bits per heavy atom. The van der Waals surface area contributed by atoms with E-state index in [-0.39, 0.29) is 17.7 Å². The summed E-state index contributed by atoms with van der Waals surface area (Å²) in [5.41, 5.74) is 1.68. The van der Waals surface area contributed by atoms with E-state index in [4.69, 9.17) is 21.4 Å². The van der Waals surface area contributed by atoms with Crippen LogP contribution in [0.1, 0.15) is 21.5 Å². The van der Waals surface area contributed by atoms with Gasteiger partial charge in [-0.1, -0.05) is 6.07 Å². The Balaban J connectivity index is 2.14. The van der Waals surface area contributed by atoms with Crippen molar-refractivity contribution >= 4 is 39.5 Å². The summed E-state index contributed by atoms with van der Waals surface area (Å²) in [6.07, 6.45) is 1.77. The summed E-state index contributed by atoms with van der Waals surface area (Å²) >= 11 is 5.62. The number of aromatic nitrogens is 1. The first-order valence-electron chi connectivity index (χ1n) is 7.70. The van der Waals surface area contributed by atoms with Crippen molar-refractivity contribution in [2.24, 2.45) is 0 Å². The smallest absolute Gasteiger partial charge is 0.335 e. The molecule has 3 rings (SSSR count). The minimum atomic E-state index is -1.08. The second-order valence-electron chi connectivity index (χ2n) is 5.74. The van der Waals surface area contributed by atoms with Crippen LogP contribution >= 0.6 is 11.6 Å². The summed E-state index contributed by atoms with van der Waals surface area (Å²) in [5, 5.41) is 19.9. The lowest BCUT2D eigenvalue weighted by Crippen LogP contribution is -2.00. The molecule has 0 fully saturated rings. The molecule has 9 heteroatoms. The summed E-state index contributed by atoms with van der Waals surface area (Å²) < 4.78 is 6.47. The lowest BCUT2D eigenvalue weighted by Gasteiger charge is -2.09. The molecule has 0 aliphatic rings. The van der Waals surface area contributed by atoms with Gasteiger partial charge in [0.15, 0.2) is 0 Å². The number of methoxy groups -OCH3 is 1. The summed E-state index contributed by atoms with van der Waals surface area (Å²) in [6.45, 7) is 0. The lowest BCUT2D eigenvalue weighted by atomic mass is 10.0. The summed E-state index contributed by atoms with van der Waals surface area (Å²) in [5.74, 6) is -0.724.